The zero-order chi connectivity index (χ0) is 19.2. The van der Waals surface area contributed by atoms with Gasteiger partial charge in [0.1, 0.15) is 11.5 Å². The number of hydrogen-bond acceptors (Lipinski definition) is 5. The van der Waals surface area contributed by atoms with Crippen molar-refractivity contribution in [1.82, 2.24) is 15.5 Å². The average Bonchev–Trinajstić information content (AvgIpc) is 3.01. The first kappa shape index (κ1) is 20.5. The Bertz CT molecular complexity index is 600. The molecule has 7 nitrogen and oxygen atoms in total. The van der Waals surface area contributed by atoms with Crippen LogP contribution in [-0.4, -0.2) is 56.1 Å². The number of ether oxygens (including phenoxy) is 1. The van der Waals surface area contributed by atoms with Gasteiger partial charge in [0, 0.05) is 38.0 Å². The quantitative estimate of drug-likeness (QED) is 0.767. The molecule has 26 heavy (non-hydrogen) atoms. The Morgan fingerprint density at radius 3 is 2.46 bits per heavy atom. The van der Waals surface area contributed by atoms with Crippen molar-refractivity contribution in [3.8, 4) is 0 Å². The molecule has 2 heterocycles. The fourth-order valence-electron chi connectivity index (χ4n) is 2.78. The second kappa shape index (κ2) is 9.19. The average molecular weight is 365 g/mol. The summed E-state index contributed by atoms with van der Waals surface area (Å²) >= 11 is 0. The van der Waals surface area contributed by atoms with Crippen molar-refractivity contribution in [3.05, 3.63) is 23.7 Å². The summed E-state index contributed by atoms with van der Waals surface area (Å²) in [5.74, 6) is 1.57. The van der Waals surface area contributed by atoms with E-state index >= 15 is 0 Å². The number of hydrogen-bond donors (Lipinski definition) is 2. The standard InChI is InChI=1S/C19H31N3O4/c1-14-5-6-16(26-14)15(22-9-11-25-12-10-22)13-21-17(23)7-8-20-18(24)19(2,3)4/h5-6,15H,7-13H2,1-4H3,(H,20,24)(H,21,23). The van der Waals surface area contributed by atoms with Crippen LogP contribution >= 0.6 is 0 Å². The minimum Gasteiger partial charge on any atom is -0.465 e. The number of aryl methyl sites for hydroxylation is 1. The third kappa shape index (κ3) is 6.14. The third-order valence-electron chi connectivity index (χ3n) is 4.39. The van der Waals surface area contributed by atoms with Gasteiger partial charge < -0.3 is 19.8 Å². The Labute approximate surface area is 155 Å². The summed E-state index contributed by atoms with van der Waals surface area (Å²) in [7, 11) is 0. The first-order valence-electron chi connectivity index (χ1n) is 9.20. The molecule has 146 valence electrons. The summed E-state index contributed by atoms with van der Waals surface area (Å²) in [6.45, 7) is 11.2. The largest absolute Gasteiger partial charge is 0.465 e. The maximum Gasteiger partial charge on any atom is 0.225 e. The van der Waals surface area contributed by atoms with Crippen LogP contribution in [0.3, 0.4) is 0 Å². The molecule has 1 aliphatic rings. The monoisotopic (exact) mass is 365 g/mol. The summed E-state index contributed by atoms with van der Waals surface area (Å²) < 4.78 is 11.2. The molecule has 0 aliphatic carbocycles. The molecule has 1 aromatic rings. The lowest BCUT2D eigenvalue weighted by molar-refractivity contribution is -0.128. The van der Waals surface area contributed by atoms with Gasteiger partial charge in [0.15, 0.2) is 0 Å². The first-order chi connectivity index (χ1) is 12.3. The van der Waals surface area contributed by atoms with E-state index in [-0.39, 0.29) is 24.3 Å². The van der Waals surface area contributed by atoms with Crippen LogP contribution in [0.5, 0.6) is 0 Å². The topological polar surface area (TPSA) is 83.8 Å². The Hall–Kier alpha value is -1.86. The van der Waals surface area contributed by atoms with Crippen LogP contribution in [0.4, 0.5) is 0 Å². The minimum absolute atomic E-state index is 0.0132. The van der Waals surface area contributed by atoms with Gasteiger partial charge in [-0.15, -0.1) is 0 Å². The molecule has 1 unspecified atom stereocenters. The van der Waals surface area contributed by atoms with Crippen LogP contribution in [0.1, 0.15) is 44.8 Å². The molecule has 0 spiro atoms. The summed E-state index contributed by atoms with van der Waals surface area (Å²) in [6, 6.07) is 3.89. The predicted molar refractivity (Wildman–Crippen MR) is 98.7 cm³/mol. The van der Waals surface area contributed by atoms with E-state index in [0.29, 0.717) is 26.3 Å². The molecule has 1 aliphatic heterocycles. The van der Waals surface area contributed by atoms with Crippen molar-refractivity contribution < 1.29 is 18.7 Å². The lowest BCUT2D eigenvalue weighted by atomic mass is 9.96. The Kier molecular flexibility index (Phi) is 7.23. The van der Waals surface area contributed by atoms with Crippen molar-refractivity contribution in [2.75, 3.05) is 39.4 Å². The van der Waals surface area contributed by atoms with Crippen LogP contribution < -0.4 is 10.6 Å². The molecule has 0 aromatic carbocycles. The van der Waals surface area contributed by atoms with Gasteiger partial charge in [0.05, 0.1) is 19.3 Å². The highest BCUT2D eigenvalue weighted by Crippen LogP contribution is 2.23. The van der Waals surface area contributed by atoms with Gasteiger partial charge in [-0.3, -0.25) is 14.5 Å². The molecular formula is C19H31N3O4. The van der Waals surface area contributed by atoms with Crippen LogP contribution in [0.25, 0.3) is 0 Å². The van der Waals surface area contributed by atoms with E-state index in [2.05, 4.69) is 15.5 Å². The van der Waals surface area contributed by atoms with Crippen LogP contribution in [0, 0.1) is 12.3 Å². The number of nitrogens with zero attached hydrogens (tertiary/aromatic N) is 1. The van der Waals surface area contributed by atoms with Crippen LogP contribution in [-0.2, 0) is 14.3 Å². The van der Waals surface area contributed by atoms with E-state index in [0.717, 1.165) is 24.6 Å². The molecule has 2 amide bonds. The normalized spacial score (nSPS) is 16.9. The second-order valence-corrected chi connectivity index (χ2v) is 7.67. The van der Waals surface area contributed by atoms with Crippen molar-refractivity contribution in [2.45, 2.75) is 40.2 Å². The maximum absolute atomic E-state index is 12.2. The predicted octanol–water partition coefficient (Wildman–Crippen LogP) is 1.63. The number of carbonyl (C=O) groups excluding carboxylic acids is 2. The Morgan fingerprint density at radius 1 is 1.19 bits per heavy atom. The molecule has 0 bridgehead atoms. The van der Waals surface area contributed by atoms with E-state index in [9.17, 15) is 9.59 Å². The number of nitrogens with one attached hydrogen (secondary N) is 2. The number of rotatable bonds is 7. The minimum atomic E-state index is -0.449. The van der Waals surface area contributed by atoms with E-state index in [1.807, 2.05) is 39.8 Å². The lowest BCUT2D eigenvalue weighted by Gasteiger charge is -2.33. The van der Waals surface area contributed by atoms with E-state index in [4.69, 9.17) is 9.15 Å². The van der Waals surface area contributed by atoms with Gasteiger partial charge in [-0.2, -0.15) is 0 Å². The second-order valence-electron chi connectivity index (χ2n) is 7.67. The van der Waals surface area contributed by atoms with Gasteiger partial charge in [0.2, 0.25) is 11.8 Å². The molecule has 1 fully saturated rings. The van der Waals surface area contributed by atoms with Gasteiger partial charge in [-0.1, -0.05) is 20.8 Å². The summed E-state index contributed by atoms with van der Waals surface area (Å²) in [4.78, 5) is 26.3. The smallest absolute Gasteiger partial charge is 0.225 e. The molecule has 7 heteroatoms. The molecule has 0 radical (unpaired) electrons. The van der Waals surface area contributed by atoms with E-state index in [1.165, 1.54) is 0 Å². The first-order valence-corrected chi connectivity index (χ1v) is 9.20. The number of morpholine rings is 1. The third-order valence-corrected chi connectivity index (χ3v) is 4.39. The number of amides is 2. The van der Waals surface area contributed by atoms with Gasteiger partial charge in [-0.25, -0.2) is 0 Å². The molecule has 1 aromatic heterocycles. The molecule has 1 atom stereocenters. The molecule has 2 rings (SSSR count). The highest BCUT2D eigenvalue weighted by molar-refractivity contribution is 5.82. The van der Waals surface area contributed by atoms with Crippen molar-refractivity contribution in [2.24, 2.45) is 5.41 Å². The highest BCUT2D eigenvalue weighted by atomic mass is 16.5. The van der Waals surface area contributed by atoms with Crippen molar-refractivity contribution in [3.63, 3.8) is 0 Å². The maximum atomic E-state index is 12.2. The van der Waals surface area contributed by atoms with Gasteiger partial charge in [0.25, 0.3) is 0 Å². The zero-order valence-corrected chi connectivity index (χ0v) is 16.3. The zero-order valence-electron chi connectivity index (χ0n) is 16.3. The fourth-order valence-corrected chi connectivity index (χ4v) is 2.78. The van der Waals surface area contributed by atoms with Crippen LogP contribution in [0.15, 0.2) is 16.5 Å². The van der Waals surface area contributed by atoms with E-state index < -0.39 is 5.41 Å². The van der Waals surface area contributed by atoms with Crippen molar-refractivity contribution >= 4 is 11.8 Å². The Balaban J connectivity index is 1.84. The molecular weight excluding hydrogens is 334 g/mol. The number of furan rings is 1. The van der Waals surface area contributed by atoms with Gasteiger partial charge in [-0.05, 0) is 19.1 Å². The summed E-state index contributed by atoms with van der Waals surface area (Å²) in [5, 5.41) is 5.76. The molecule has 1 saturated heterocycles. The SMILES string of the molecule is Cc1ccc(C(CNC(=O)CCNC(=O)C(C)(C)C)N2CCOCC2)o1. The van der Waals surface area contributed by atoms with Gasteiger partial charge >= 0.3 is 0 Å². The highest BCUT2D eigenvalue weighted by Gasteiger charge is 2.26. The Morgan fingerprint density at radius 2 is 1.88 bits per heavy atom. The molecule has 2 N–H and O–H groups in total. The summed E-state index contributed by atoms with van der Waals surface area (Å²) in [5.41, 5.74) is -0.449. The fraction of sp³-hybridized carbons (Fsp3) is 0.684. The summed E-state index contributed by atoms with van der Waals surface area (Å²) in [6.07, 6.45) is 0.259. The molecule has 0 saturated carbocycles. The lowest BCUT2D eigenvalue weighted by Crippen LogP contribution is -2.44. The van der Waals surface area contributed by atoms with Crippen LogP contribution in [0.2, 0.25) is 0 Å². The number of carbonyl (C=O) groups is 2. The van der Waals surface area contributed by atoms with Crippen molar-refractivity contribution in [1.29, 1.82) is 0 Å². The van der Waals surface area contributed by atoms with E-state index in [1.54, 1.807) is 0 Å².